The topological polar surface area (TPSA) is 35.8 Å². The first-order chi connectivity index (χ1) is 8.24. The zero-order valence-electron chi connectivity index (χ0n) is 9.67. The van der Waals surface area contributed by atoms with E-state index in [2.05, 4.69) is 5.32 Å². The van der Waals surface area contributed by atoms with Crippen molar-refractivity contribution >= 4 is 18.0 Å². The molecule has 2 rings (SSSR count). The van der Waals surface area contributed by atoms with Gasteiger partial charge in [-0.1, -0.05) is 6.07 Å². The second-order valence-corrected chi connectivity index (χ2v) is 3.94. The van der Waals surface area contributed by atoms with Crippen LogP contribution in [0.1, 0.15) is 18.4 Å². The number of nitriles is 1. The predicted molar refractivity (Wildman–Crippen MR) is 68.2 cm³/mol. The molecule has 1 aliphatic rings. The number of benzene rings is 1. The highest BCUT2D eigenvalue weighted by atomic mass is 35.5. The highest BCUT2D eigenvalue weighted by molar-refractivity contribution is 5.85. The summed E-state index contributed by atoms with van der Waals surface area (Å²) >= 11 is 0. The van der Waals surface area contributed by atoms with Crippen molar-refractivity contribution in [3.63, 3.8) is 0 Å². The lowest BCUT2D eigenvalue weighted by Crippen LogP contribution is -2.23. The van der Waals surface area contributed by atoms with Crippen LogP contribution in [0, 0.1) is 23.0 Å². The van der Waals surface area contributed by atoms with Gasteiger partial charge in [0.25, 0.3) is 0 Å². The summed E-state index contributed by atoms with van der Waals surface area (Å²) in [7, 11) is 0. The maximum Gasteiger partial charge on any atom is 0.134 e. The fourth-order valence-electron chi connectivity index (χ4n) is 2.03. The van der Waals surface area contributed by atoms with Crippen LogP contribution < -0.4 is 5.32 Å². The Hall–Kier alpha value is -1.44. The molecular formula is C13H13ClF2N2. The summed E-state index contributed by atoms with van der Waals surface area (Å²) in [5.41, 5.74) is 0.796. The zero-order chi connectivity index (χ0) is 12.3. The smallest absolute Gasteiger partial charge is 0.134 e. The van der Waals surface area contributed by atoms with E-state index >= 15 is 0 Å². The standard InChI is InChI=1S/C13H12F2N2.ClH/c14-11-2-1-3-12(15)13(11)10(8-16)9-4-6-17-7-5-9;/h1-3,17H,4-7H2;1H. The summed E-state index contributed by atoms with van der Waals surface area (Å²) in [5.74, 6) is -1.35. The number of halogens is 3. The Morgan fingerprint density at radius 1 is 1.17 bits per heavy atom. The van der Waals surface area contributed by atoms with Crippen LogP contribution in [-0.2, 0) is 0 Å². The van der Waals surface area contributed by atoms with Crippen molar-refractivity contribution in [2.24, 2.45) is 0 Å². The molecule has 1 saturated heterocycles. The number of hydrogen-bond acceptors (Lipinski definition) is 2. The summed E-state index contributed by atoms with van der Waals surface area (Å²) < 4.78 is 27.2. The van der Waals surface area contributed by atoms with E-state index in [1.54, 1.807) is 0 Å². The molecule has 0 saturated carbocycles. The maximum atomic E-state index is 13.6. The van der Waals surface area contributed by atoms with Gasteiger partial charge in [0.2, 0.25) is 0 Å². The van der Waals surface area contributed by atoms with Crippen LogP contribution in [0.2, 0.25) is 0 Å². The molecule has 1 heterocycles. The first-order valence-corrected chi connectivity index (χ1v) is 5.51. The molecule has 1 aliphatic heterocycles. The lowest BCUT2D eigenvalue weighted by atomic mass is 9.94. The molecule has 0 amide bonds. The van der Waals surface area contributed by atoms with E-state index in [-0.39, 0.29) is 23.5 Å². The summed E-state index contributed by atoms with van der Waals surface area (Å²) in [6.45, 7) is 1.49. The van der Waals surface area contributed by atoms with Gasteiger partial charge in [-0.15, -0.1) is 12.4 Å². The minimum Gasteiger partial charge on any atom is -0.316 e. The van der Waals surface area contributed by atoms with Crippen molar-refractivity contribution < 1.29 is 8.78 Å². The molecule has 5 heteroatoms. The zero-order valence-corrected chi connectivity index (χ0v) is 10.5. The molecule has 1 fully saturated rings. The van der Waals surface area contributed by atoms with Gasteiger partial charge in [-0.05, 0) is 43.6 Å². The number of nitrogens with zero attached hydrogens (tertiary/aromatic N) is 1. The third-order valence-electron chi connectivity index (χ3n) is 2.89. The Labute approximate surface area is 111 Å². The van der Waals surface area contributed by atoms with E-state index in [1.807, 2.05) is 6.07 Å². The van der Waals surface area contributed by atoms with Crippen LogP contribution in [0.15, 0.2) is 23.8 Å². The van der Waals surface area contributed by atoms with Crippen LogP contribution in [0.25, 0.3) is 5.57 Å². The molecule has 18 heavy (non-hydrogen) atoms. The van der Waals surface area contributed by atoms with Crippen LogP contribution in [-0.4, -0.2) is 13.1 Å². The van der Waals surface area contributed by atoms with E-state index < -0.39 is 11.6 Å². The van der Waals surface area contributed by atoms with Crippen molar-refractivity contribution in [2.45, 2.75) is 12.8 Å². The highest BCUT2D eigenvalue weighted by Crippen LogP contribution is 2.27. The normalized spacial score (nSPS) is 14.6. The minimum atomic E-state index is -0.674. The molecule has 0 aliphatic carbocycles. The molecule has 96 valence electrons. The van der Waals surface area contributed by atoms with E-state index in [9.17, 15) is 8.78 Å². The molecule has 0 unspecified atom stereocenters. The van der Waals surface area contributed by atoms with Gasteiger partial charge < -0.3 is 5.32 Å². The van der Waals surface area contributed by atoms with Crippen molar-refractivity contribution in [3.8, 4) is 6.07 Å². The van der Waals surface area contributed by atoms with Gasteiger partial charge >= 0.3 is 0 Å². The number of allylic oxidation sites excluding steroid dienone is 1. The third-order valence-corrected chi connectivity index (χ3v) is 2.89. The predicted octanol–water partition coefficient (Wildman–Crippen LogP) is 3.05. The summed E-state index contributed by atoms with van der Waals surface area (Å²) in [6, 6.07) is 5.60. The van der Waals surface area contributed by atoms with E-state index in [0.717, 1.165) is 18.7 Å². The van der Waals surface area contributed by atoms with Gasteiger partial charge in [-0.25, -0.2) is 8.78 Å². The third kappa shape index (κ3) is 2.87. The van der Waals surface area contributed by atoms with Crippen molar-refractivity contribution in [3.05, 3.63) is 41.0 Å². The Morgan fingerprint density at radius 2 is 1.72 bits per heavy atom. The Kier molecular flexibility index (Phi) is 5.26. The van der Waals surface area contributed by atoms with Gasteiger partial charge in [0.05, 0.1) is 17.2 Å². The molecular weight excluding hydrogens is 258 g/mol. The molecule has 1 N–H and O–H groups in total. The summed E-state index contributed by atoms with van der Waals surface area (Å²) in [6.07, 6.45) is 1.33. The monoisotopic (exact) mass is 270 g/mol. The first kappa shape index (κ1) is 14.6. The first-order valence-electron chi connectivity index (χ1n) is 5.51. The molecule has 2 nitrogen and oxygen atoms in total. The number of rotatable bonds is 1. The Bertz CT molecular complexity index is 478. The lowest BCUT2D eigenvalue weighted by Gasteiger charge is -2.17. The van der Waals surface area contributed by atoms with E-state index in [4.69, 9.17) is 5.26 Å². The summed E-state index contributed by atoms with van der Waals surface area (Å²) in [5, 5.41) is 12.3. The molecule has 0 bridgehead atoms. The number of nitrogens with one attached hydrogen (secondary N) is 1. The molecule has 1 aromatic carbocycles. The molecule has 0 spiro atoms. The maximum absolute atomic E-state index is 13.6. The van der Waals surface area contributed by atoms with Crippen molar-refractivity contribution in [2.75, 3.05) is 13.1 Å². The van der Waals surface area contributed by atoms with Gasteiger partial charge in [0.1, 0.15) is 11.6 Å². The van der Waals surface area contributed by atoms with E-state index in [0.29, 0.717) is 12.8 Å². The fraction of sp³-hybridized carbons (Fsp3) is 0.308. The fourth-order valence-corrected chi connectivity index (χ4v) is 2.03. The van der Waals surface area contributed by atoms with Gasteiger partial charge in [0, 0.05) is 0 Å². The minimum absolute atomic E-state index is 0. The number of hydrogen-bond donors (Lipinski definition) is 1. The molecule has 0 radical (unpaired) electrons. The van der Waals surface area contributed by atoms with Crippen LogP contribution in [0.4, 0.5) is 8.78 Å². The number of piperidine rings is 1. The summed E-state index contributed by atoms with van der Waals surface area (Å²) in [4.78, 5) is 0. The van der Waals surface area contributed by atoms with Crippen LogP contribution in [0.5, 0.6) is 0 Å². The van der Waals surface area contributed by atoms with Crippen LogP contribution in [0.3, 0.4) is 0 Å². The van der Waals surface area contributed by atoms with Gasteiger partial charge in [-0.2, -0.15) is 5.26 Å². The van der Waals surface area contributed by atoms with Crippen molar-refractivity contribution in [1.82, 2.24) is 5.32 Å². The van der Waals surface area contributed by atoms with Gasteiger partial charge in [0.15, 0.2) is 0 Å². The van der Waals surface area contributed by atoms with Gasteiger partial charge in [-0.3, -0.25) is 0 Å². The second kappa shape index (κ2) is 6.48. The molecule has 1 aromatic rings. The Balaban J connectivity index is 0.00000162. The van der Waals surface area contributed by atoms with E-state index in [1.165, 1.54) is 18.2 Å². The largest absolute Gasteiger partial charge is 0.316 e. The second-order valence-electron chi connectivity index (χ2n) is 3.94. The highest BCUT2D eigenvalue weighted by Gasteiger charge is 2.18. The SMILES string of the molecule is Cl.N#CC(=C1CCNCC1)c1c(F)cccc1F. The molecule has 0 aromatic heterocycles. The van der Waals surface area contributed by atoms with Crippen LogP contribution >= 0.6 is 12.4 Å². The lowest BCUT2D eigenvalue weighted by molar-refractivity contribution is 0.574. The quantitative estimate of drug-likeness (QED) is 0.796. The Morgan fingerprint density at radius 3 is 2.22 bits per heavy atom. The average Bonchev–Trinajstić information content (AvgIpc) is 2.35. The average molecular weight is 271 g/mol. The molecule has 0 atom stereocenters. The van der Waals surface area contributed by atoms with Crippen molar-refractivity contribution in [1.29, 1.82) is 5.26 Å².